The third kappa shape index (κ3) is 3.23. The Bertz CT molecular complexity index is 442. The summed E-state index contributed by atoms with van der Waals surface area (Å²) < 4.78 is 4.71. The summed E-state index contributed by atoms with van der Waals surface area (Å²) >= 11 is 0. The fraction of sp³-hybridized carbons (Fsp3) is 0.385. The Kier molecular flexibility index (Phi) is 3.82. The maximum atomic E-state index is 11.6. The summed E-state index contributed by atoms with van der Waals surface area (Å²) in [7, 11) is 0. The van der Waals surface area contributed by atoms with Gasteiger partial charge in [-0.1, -0.05) is 29.8 Å². The zero-order chi connectivity index (χ0) is 13.0. The Morgan fingerprint density at radius 3 is 2.72 bits per heavy atom. The highest BCUT2D eigenvalue weighted by Crippen LogP contribution is 2.06. The number of cyclic esters (lactones) is 1. The number of aryl methyl sites for hydroxylation is 2. The van der Waals surface area contributed by atoms with E-state index in [0.29, 0.717) is 26.0 Å². The Morgan fingerprint density at radius 2 is 2.11 bits per heavy atom. The lowest BCUT2D eigenvalue weighted by Crippen LogP contribution is -2.42. The molecule has 5 nitrogen and oxygen atoms in total. The Hall–Kier alpha value is -2.04. The molecule has 0 bridgehead atoms. The quantitative estimate of drug-likeness (QED) is 0.876. The third-order valence-electron chi connectivity index (χ3n) is 2.78. The number of amides is 2. The van der Waals surface area contributed by atoms with Crippen LogP contribution in [0.25, 0.3) is 0 Å². The van der Waals surface area contributed by atoms with Gasteiger partial charge in [0.05, 0.1) is 6.54 Å². The fourth-order valence-electron chi connectivity index (χ4n) is 1.71. The highest BCUT2D eigenvalue weighted by molar-refractivity contribution is 5.79. The van der Waals surface area contributed by atoms with Crippen LogP contribution in [-0.4, -0.2) is 30.2 Å². The Morgan fingerprint density at radius 1 is 1.39 bits per heavy atom. The minimum atomic E-state index is -0.487. The lowest BCUT2D eigenvalue weighted by molar-refractivity contribution is -0.124. The summed E-state index contributed by atoms with van der Waals surface area (Å²) in [5.41, 5.74) is 4.84. The topological polar surface area (TPSA) is 58.6 Å². The van der Waals surface area contributed by atoms with Gasteiger partial charge in [-0.3, -0.25) is 10.2 Å². The summed E-state index contributed by atoms with van der Waals surface area (Å²) in [5, 5.41) is 1.21. The molecule has 96 valence electrons. The van der Waals surface area contributed by atoms with E-state index in [0.717, 1.165) is 5.56 Å². The van der Waals surface area contributed by atoms with Gasteiger partial charge < -0.3 is 4.74 Å². The standard InChI is InChI=1S/C13H16N2O3/c1-10-2-4-11(5-3-10)6-7-12(16)14-15-8-9-18-13(15)17/h2-5H,6-9H2,1H3,(H,14,16). The van der Waals surface area contributed by atoms with E-state index in [2.05, 4.69) is 5.43 Å². The first-order valence-electron chi connectivity index (χ1n) is 5.94. The molecular weight excluding hydrogens is 232 g/mol. The van der Waals surface area contributed by atoms with Crippen LogP contribution in [0.1, 0.15) is 17.5 Å². The zero-order valence-electron chi connectivity index (χ0n) is 10.3. The molecule has 1 aliphatic rings. The van der Waals surface area contributed by atoms with Gasteiger partial charge in [-0.25, -0.2) is 9.80 Å². The molecule has 0 saturated carbocycles. The normalized spacial score (nSPS) is 14.5. The van der Waals surface area contributed by atoms with Gasteiger partial charge in [0.1, 0.15) is 6.61 Å². The second kappa shape index (κ2) is 5.53. The maximum absolute atomic E-state index is 11.6. The van der Waals surface area contributed by atoms with Crippen molar-refractivity contribution in [2.45, 2.75) is 19.8 Å². The number of nitrogens with zero attached hydrogens (tertiary/aromatic N) is 1. The molecule has 0 unspecified atom stereocenters. The van der Waals surface area contributed by atoms with E-state index in [1.807, 2.05) is 31.2 Å². The number of rotatable bonds is 4. The third-order valence-corrected chi connectivity index (χ3v) is 2.78. The lowest BCUT2D eigenvalue weighted by Gasteiger charge is -2.13. The van der Waals surface area contributed by atoms with Crippen LogP contribution in [0.15, 0.2) is 24.3 Å². The average Bonchev–Trinajstić information content (AvgIpc) is 2.74. The molecule has 2 amide bonds. The molecule has 1 heterocycles. The number of ether oxygens (including phenoxy) is 1. The van der Waals surface area contributed by atoms with Crippen molar-refractivity contribution in [2.75, 3.05) is 13.2 Å². The first kappa shape index (κ1) is 12.4. The van der Waals surface area contributed by atoms with Crippen LogP contribution in [0.3, 0.4) is 0 Å². The molecule has 18 heavy (non-hydrogen) atoms. The predicted octanol–water partition coefficient (Wildman–Crippen LogP) is 1.41. The van der Waals surface area contributed by atoms with Crippen molar-refractivity contribution in [2.24, 2.45) is 0 Å². The Balaban J connectivity index is 1.78. The molecule has 0 aliphatic carbocycles. The monoisotopic (exact) mass is 248 g/mol. The Labute approximate surface area is 106 Å². The van der Waals surface area contributed by atoms with Crippen LogP contribution < -0.4 is 5.43 Å². The van der Waals surface area contributed by atoms with Crippen molar-refractivity contribution < 1.29 is 14.3 Å². The molecule has 1 saturated heterocycles. The van der Waals surface area contributed by atoms with Crippen LogP contribution in [0.2, 0.25) is 0 Å². The van der Waals surface area contributed by atoms with Gasteiger partial charge in [-0.05, 0) is 18.9 Å². The molecule has 1 aromatic rings. The number of nitrogens with one attached hydrogen (secondary N) is 1. The minimum Gasteiger partial charge on any atom is -0.446 e. The molecule has 0 spiro atoms. The van der Waals surface area contributed by atoms with Crippen LogP contribution in [0.4, 0.5) is 4.79 Å². The maximum Gasteiger partial charge on any atom is 0.428 e. The lowest BCUT2D eigenvalue weighted by atomic mass is 10.1. The highest BCUT2D eigenvalue weighted by Gasteiger charge is 2.23. The SMILES string of the molecule is Cc1ccc(CCC(=O)NN2CCOC2=O)cc1. The second-order valence-electron chi connectivity index (χ2n) is 4.29. The van der Waals surface area contributed by atoms with Crippen LogP contribution in [-0.2, 0) is 16.0 Å². The van der Waals surface area contributed by atoms with E-state index in [4.69, 9.17) is 4.74 Å². The summed E-state index contributed by atoms with van der Waals surface area (Å²) in [6.07, 6.45) is 0.528. The summed E-state index contributed by atoms with van der Waals surface area (Å²) in [6.45, 7) is 2.77. The molecular formula is C13H16N2O3. The van der Waals surface area contributed by atoms with Gasteiger partial charge in [0.2, 0.25) is 5.91 Å². The van der Waals surface area contributed by atoms with E-state index in [1.54, 1.807) is 0 Å². The smallest absolute Gasteiger partial charge is 0.428 e. The van der Waals surface area contributed by atoms with Crippen molar-refractivity contribution in [1.82, 2.24) is 10.4 Å². The molecule has 0 radical (unpaired) electrons. The molecule has 1 N–H and O–H groups in total. The van der Waals surface area contributed by atoms with Crippen molar-refractivity contribution in [3.8, 4) is 0 Å². The molecule has 5 heteroatoms. The van der Waals surface area contributed by atoms with Crippen molar-refractivity contribution in [3.63, 3.8) is 0 Å². The van der Waals surface area contributed by atoms with Gasteiger partial charge in [-0.2, -0.15) is 0 Å². The molecule has 0 atom stereocenters. The van der Waals surface area contributed by atoms with Crippen LogP contribution in [0.5, 0.6) is 0 Å². The van der Waals surface area contributed by atoms with E-state index >= 15 is 0 Å². The van der Waals surface area contributed by atoms with Crippen molar-refractivity contribution in [1.29, 1.82) is 0 Å². The molecule has 1 aliphatic heterocycles. The van der Waals surface area contributed by atoms with E-state index in [1.165, 1.54) is 10.6 Å². The van der Waals surface area contributed by atoms with Gasteiger partial charge >= 0.3 is 6.09 Å². The fourth-order valence-corrected chi connectivity index (χ4v) is 1.71. The average molecular weight is 248 g/mol. The largest absolute Gasteiger partial charge is 0.446 e. The van der Waals surface area contributed by atoms with Crippen LogP contribution in [0, 0.1) is 6.92 Å². The van der Waals surface area contributed by atoms with Gasteiger partial charge in [0.15, 0.2) is 0 Å². The van der Waals surface area contributed by atoms with Crippen molar-refractivity contribution in [3.05, 3.63) is 35.4 Å². The van der Waals surface area contributed by atoms with E-state index in [-0.39, 0.29) is 5.91 Å². The van der Waals surface area contributed by atoms with E-state index < -0.39 is 6.09 Å². The van der Waals surface area contributed by atoms with E-state index in [9.17, 15) is 9.59 Å². The summed E-state index contributed by atoms with van der Waals surface area (Å²) in [4.78, 5) is 22.7. The number of benzene rings is 1. The first-order valence-corrected chi connectivity index (χ1v) is 5.94. The number of carbonyl (C=O) groups excluding carboxylic acids is 2. The summed E-state index contributed by atoms with van der Waals surface area (Å²) in [6, 6.07) is 8.05. The highest BCUT2D eigenvalue weighted by atomic mass is 16.6. The number of carbonyl (C=O) groups is 2. The molecule has 0 aromatic heterocycles. The number of hydrogen-bond acceptors (Lipinski definition) is 3. The zero-order valence-corrected chi connectivity index (χ0v) is 10.3. The molecule has 1 fully saturated rings. The summed E-state index contributed by atoms with van der Waals surface area (Å²) in [5.74, 6) is -0.172. The van der Waals surface area contributed by atoms with Crippen molar-refractivity contribution >= 4 is 12.0 Å². The van der Waals surface area contributed by atoms with Gasteiger partial charge in [0.25, 0.3) is 0 Å². The van der Waals surface area contributed by atoms with Gasteiger partial charge in [-0.15, -0.1) is 0 Å². The minimum absolute atomic E-state index is 0.172. The molecule has 2 rings (SSSR count). The first-order chi connectivity index (χ1) is 8.65. The number of hydrogen-bond donors (Lipinski definition) is 1. The second-order valence-corrected chi connectivity index (χ2v) is 4.29. The number of hydrazine groups is 1. The predicted molar refractivity (Wildman–Crippen MR) is 65.7 cm³/mol. The van der Waals surface area contributed by atoms with Crippen LogP contribution >= 0.6 is 0 Å². The van der Waals surface area contributed by atoms with Gasteiger partial charge in [0, 0.05) is 6.42 Å². The molecule has 1 aromatic carbocycles.